The van der Waals surface area contributed by atoms with Gasteiger partial charge in [0, 0.05) is 25.4 Å². The van der Waals surface area contributed by atoms with Gasteiger partial charge in [0.15, 0.2) is 11.5 Å². The zero-order valence-electron chi connectivity index (χ0n) is 9.89. The Morgan fingerprint density at radius 2 is 2.29 bits per heavy atom. The van der Waals surface area contributed by atoms with Crippen LogP contribution >= 0.6 is 0 Å². The fourth-order valence-electron chi connectivity index (χ4n) is 1.94. The fraction of sp³-hybridized carbons (Fsp3) is 0.583. The lowest BCUT2D eigenvalue weighted by Gasteiger charge is -2.21. The molecule has 1 fully saturated rings. The first-order chi connectivity index (χ1) is 8.31. The number of hydrogen-bond acceptors (Lipinski definition) is 5. The molecule has 1 saturated heterocycles. The molecule has 0 aliphatic carbocycles. The summed E-state index contributed by atoms with van der Waals surface area (Å²) in [6.45, 7) is 0.746. The highest BCUT2D eigenvalue weighted by Crippen LogP contribution is 2.20. The van der Waals surface area contributed by atoms with Crippen molar-refractivity contribution in [2.45, 2.75) is 31.8 Å². The van der Waals surface area contributed by atoms with Crippen LogP contribution in [0.15, 0.2) is 12.4 Å². The monoisotopic (exact) mass is 236 g/mol. The minimum absolute atomic E-state index is 0.0166. The fourth-order valence-corrected chi connectivity index (χ4v) is 1.94. The van der Waals surface area contributed by atoms with Crippen molar-refractivity contribution in [1.82, 2.24) is 9.97 Å². The van der Waals surface area contributed by atoms with E-state index in [2.05, 4.69) is 9.97 Å². The molecule has 1 aliphatic heterocycles. The Hall–Kier alpha value is -1.49. The molecule has 5 nitrogen and oxygen atoms in total. The van der Waals surface area contributed by atoms with Gasteiger partial charge in [0.25, 0.3) is 0 Å². The van der Waals surface area contributed by atoms with E-state index in [-0.39, 0.29) is 17.8 Å². The molecule has 2 rings (SSSR count). The molecule has 0 aromatic carbocycles. The standard InChI is InChI=1S/C12H16N2O3/c1-16-12-11(13-5-6-14-12)10(15)8-9-4-2-3-7-17-9/h5-6,9H,2-4,7-8H2,1H3. The first-order valence-electron chi connectivity index (χ1n) is 5.81. The van der Waals surface area contributed by atoms with Gasteiger partial charge in [-0.3, -0.25) is 4.79 Å². The SMILES string of the molecule is COc1nccnc1C(=O)CC1CCCCO1. The summed E-state index contributed by atoms with van der Waals surface area (Å²) in [7, 11) is 1.48. The van der Waals surface area contributed by atoms with Crippen molar-refractivity contribution in [3.05, 3.63) is 18.1 Å². The Labute approximate surface area is 100 Å². The van der Waals surface area contributed by atoms with E-state index in [1.54, 1.807) is 0 Å². The number of rotatable bonds is 4. The number of Topliss-reactive ketones (excluding diaryl/α,β-unsaturated/α-hetero) is 1. The second-order valence-electron chi connectivity index (χ2n) is 4.03. The van der Waals surface area contributed by atoms with Crippen molar-refractivity contribution >= 4 is 5.78 Å². The Balaban J connectivity index is 2.03. The third kappa shape index (κ3) is 3.00. The zero-order valence-corrected chi connectivity index (χ0v) is 9.89. The molecule has 0 saturated carbocycles. The summed E-state index contributed by atoms with van der Waals surface area (Å²) in [5.74, 6) is 0.218. The number of nitrogens with zero attached hydrogens (tertiary/aromatic N) is 2. The molecule has 1 atom stereocenters. The van der Waals surface area contributed by atoms with Crippen molar-refractivity contribution in [2.75, 3.05) is 13.7 Å². The maximum absolute atomic E-state index is 12.0. The summed E-state index contributed by atoms with van der Waals surface area (Å²) >= 11 is 0. The normalized spacial score (nSPS) is 19.9. The van der Waals surface area contributed by atoms with Gasteiger partial charge in [0.2, 0.25) is 5.88 Å². The van der Waals surface area contributed by atoms with Crippen molar-refractivity contribution in [2.24, 2.45) is 0 Å². The average molecular weight is 236 g/mol. The molecular formula is C12H16N2O3. The summed E-state index contributed by atoms with van der Waals surface area (Å²) in [5.41, 5.74) is 0.296. The highest BCUT2D eigenvalue weighted by molar-refractivity contribution is 5.96. The van der Waals surface area contributed by atoms with E-state index in [9.17, 15) is 4.79 Å². The number of carbonyl (C=O) groups is 1. The van der Waals surface area contributed by atoms with Crippen molar-refractivity contribution in [1.29, 1.82) is 0 Å². The molecule has 0 radical (unpaired) electrons. The molecule has 0 spiro atoms. The maximum atomic E-state index is 12.0. The topological polar surface area (TPSA) is 61.3 Å². The average Bonchev–Trinajstić information content (AvgIpc) is 2.40. The van der Waals surface area contributed by atoms with Crippen LogP contribution in [0.4, 0.5) is 0 Å². The molecule has 1 aromatic heterocycles. The van der Waals surface area contributed by atoms with E-state index in [1.807, 2.05) is 0 Å². The molecule has 0 bridgehead atoms. The predicted octanol–water partition coefficient (Wildman–Crippen LogP) is 1.63. The Morgan fingerprint density at radius 3 is 3.00 bits per heavy atom. The van der Waals surface area contributed by atoms with Gasteiger partial charge in [-0.1, -0.05) is 0 Å². The predicted molar refractivity (Wildman–Crippen MR) is 61.1 cm³/mol. The molecule has 2 heterocycles. The lowest BCUT2D eigenvalue weighted by Crippen LogP contribution is -2.23. The van der Waals surface area contributed by atoms with Gasteiger partial charge in [-0.15, -0.1) is 0 Å². The lowest BCUT2D eigenvalue weighted by molar-refractivity contribution is 0.0127. The second-order valence-corrected chi connectivity index (χ2v) is 4.03. The third-order valence-corrected chi connectivity index (χ3v) is 2.81. The highest BCUT2D eigenvalue weighted by Gasteiger charge is 2.22. The van der Waals surface area contributed by atoms with Crippen LogP contribution in [-0.4, -0.2) is 35.6 Å². The van der Waals surface area contributed by atoms with Crippen LogP contribution in [0.3, 0.4) is 0 Å². The van der Waals surface area contributed by atoms with E-state index in [1.165, 1.54) is 19.5 Å². The number of methoxy groups -OCH3 is 1. The molecule has 0 N–H and O–H groups in total. The maximum Gasteiger partial charge on any atom is 0.243 e. The zero-order chi connectivity index (χ0) is 12.1. The van der Waals surface area contributed by atoms with Gasteiger partial charge in [0.1, 0.15) is 0 Å². The van der Waals surface area contributed by atoms with Crippen LogP contribution in [0, 0.1) is 0 Å². The van der Waals surface area contributed by atoms with Crippen LogP contribution in [0.25, 0.3) is 0 Å². The lowest BCUT2D eigenvalue weighted by atomic mass is 10.0. The molecule has 92 valence electrons. The third-order valence-electron chi connectivity index (χ3n) is 2.81. The molecule has 1 unspecified atom stereocenters. The number of ether oxygens (including phenoxy) is 2. The second kappa shape index (κ2) is 5.72. The van der Waals surface area contributed by atoms with Crippen molar-refractivity contribution in [3.63, 3.8) is 0 Å². The van der Waals surface area contributed by atoms with E-state index < -0.39 is 0 Å². The summed E-state index contributed by atoms with van der Waals surface area (Å²) in [4.78, 5) is 20.0. The summed E-state index contributed by atoms with van der Waals surface area (Å²) in [6, 6.07) is 0. The van der Waals surface area contributed by atoms with Crippen molar-refractivity contribution < 1.29 is 14.3 Å². The van der Waals surface area contributed by atoms with E-state index >= 15 is 0 Å². The quantitative estimate of drug-likeness (QED) is 0.743. The van der Waals surface area contributed by atoms with E-state index in [0.29, 0.717) is 12.1 Å². The minimum atomic E-state index is -0.0677. The Bertz CT molecular complexity index is 389. The van der Waals surface area contributed by atoms with Gasteiger partial charge in [-0.05, 0) is 19.3 Å². The van der Waals surface area contributed by atoms with Crippen LogP contribution in [-0.2, 0) is 4.74 Å². The summed E-state index contributed by atoms with van der Waals surface area (Å²) in [6.07, 6.45) is 6.52. The van der Waals surface area contributed by atoms with Crippen molar-refractivity contribution in [3.8, 4) is 5.88 Å². The van der Waals surface area contributed by atoms with Gasteiger partial charge >= 0.3 is 0 Å². The van der Waals surface area contributed by atoms with Gasteiger partial charge in [-0.25, -0.2) is 9.97 Å². The molecule has 1 aromatic rings. The van der Waals surface area contributed by atoms with Crippen LogP contribution in [0.2, 0.25) is 0 Å². The number of aromatic nitrogens is 2. The van der Waals surface area contributed by atoms with Gasteiger partial charge < -0.3 is 9.47 Å². The molecular weight excluding hydrogens is 220 g/mol. The van der Waals surface area contributed by atoms with E-state index in [0.717, 1.165) is 25.9 Å². The molecule has 17 heavy (non-hydrogen) atoms. The highest BCUT2D eigenvalue weighted by atomic mass is 16.5. The smallest absolute Gasteiger partial charge is 0.243 e. The van der Waals surface area contributed by atoms with Crippen LogP contribution in [0.1, 0.15) is 36.2 Å². The summed E-state index contributed by atoms with van der Waals surface area (Å²) < 4.78 is 10.6. The number of hydrogen-bond donors (Lipinski definition) is 0. The molecule has 1 aliphatic rings. The number of carbonyl (C=O) groups excluding carboxylic acids is 1. The number of ketones is 1. The first-order valence-corrected chi connectivity index (χ1v) is 5.81. The first kappa shape index (κ1) is 12.0. The Kier molecular flexibility index (Phi) is 4.03. The molecule has 5 heteroatoms. The molecule has 0 amide bonds. The minimum Gasteiger partial charge on any atom is -0.479 e. The van der Waals surface area contributed by atoms with Gasteiger partial charge in [0.05, 0.1) is 13.2 Å². The summed E-state index contributed by atoms with van der Waals surface area (Å²) in [5, 5.41) is 0. The Morgan fingerprint density at radius 1 is 1.47 bits per heavy atom. The van der Waals surface area contributed by atoms with Crippen LogP contribution < -0.4 is 4.74 Å². The van der Waals surface area contributed by atoms with Crippen LogP contribution in [0.5, 0.6) is 5.88 Å². The van der Waals surface area contributed by atoms with Gasteiger partial charge in [-0.2, -0.15) is 0 Å². The van der Waals surface area contributed by atoms with E-state index in [4.69, 9.17) is 9.47 Å². The largest absolute Gasteiger partial charge is 0.479 e.